The Bertz CT molecular complexity index is 836. The van der Waals surface area contributed by atoms with Gasteiger partial charge in [-0.3, -0.25) is 4.79 Å². The molecular formula is C19H22N4O2. The summed E-state index contributed by atoms with van der Waals surface area (Å²) in [6.07, 6.45) is 5.90. The Hall–Kier alpha value is -2.89. The first kappa shape index (κ1) is 17.0. The molecule has 6 nitrogen and oxygen atoms in total. The van der Waals surface area contributed by atoms with Crippen LogP contribution < -0.4 is 5.32 Å². The van der Waals surface area contributed by atoms with Crippen LogP contribution in [0.4, 0.5) is 0 Å². The summed E-state index contributed by atoms with van der Waals surface area (Å²) in [5, 5.41) is 11.2. The fourth-order valence-corrected chi connectivity index (χ4v) is 2.73. The molecule has 0 aliphatic heterocycles. The molecule has 0 radical (unpaired) electrons. The van der Waals surface area contributed by atoms with Gasteiger partial charge < -0.3 is 9.84 Å². The van der Waals surface area contributed by atoms with E-state index in [2.05, 4.69) is 21.8 Å². The lowest BCUT2D eigenvalue weighted by molar-refractivity contribution is 0.0951. The van der Waals surface area contributed by atoms with Crippen LogP contribution in [0.1, 0.15) is 40.7 Å². The van der Waals surface area contributed by atoms with Crippen LogP contribution in [-0.2, 0) is 12.8 Å². The van der Waals surface area contributed by atoms with Crippen molar-refractivity contribution in [1.82, 2.24) is 20.3 Å². The van der Waals surface area contributed by atoms with Crippen molar-refractivity contribution in [2.45, 2.75) is 33.1 Å². The minimum Gasteiger partial charge on any atom is -0.361 e. The van der Waals surface area contributed by atoms with E-state index < -0.39 is 0 Å². The second-order valence-corrected chi connectivity index (χ2v) is 5.90. The first-order valence-electron chi connectivity index (χ1n) is 8.51. The van der Waals surface area contributed by atoms with Gasteiger partial charge in [0, 0.05) is 19.2 Å². The Morgan fingerprint density at radius 1 is 1.28 bits per heavy atom. The van der Waals surface area contributed by atoms with Crippen LogP contribution >= 0.6 is 0 Å². The molecule has 1 amide bonds. The second-order valence-electron chi connectivity index (χ2n) is 5.90. The Morgan fingerprint density at radius 2 is 2.08 bits per heavy atom. The molecule has 130 valence electrons. The zero-order valence-corrected chi connectivity index (χ0v) is 14.5. The van der Waals surface area contributed by atoms with Gasteiger partial charge in [-0.25, -0.2) is 4.68 Å². The Morgan fingerprint density at radius 3 is 2.84 bits per heavy atom. The van der Waals surface area contributed by atoms with Gasteiger partial charge in [0.15, 0.2) is 0 Å². The molecule has 0 unspecified atom stereocenters. The van der Waals surface area contributed by atoms with E-state index in [4.69, 9.17) is 4.52 Å². The molecule has 0 fully saturated rings. The SMILES string of the molecule is CCc1oncc1C(=O)NCCCc1cn(-c2ccccc2)nc1C. The molecule has 25 heavy (non-hydrogen) atoms. The maximum Gasteiger partial charge on any atom is 0.256 e. The number of hydrogen-bond donors (Lipinski definition) is 1. The number of para-hydroxylation sites is 1. The summed E-state index contributed by atoms with van der Waals surface area (Å²) in [4.78, 5) is 12.1. The summed E-state index contributed by atoms with van der Waals surface area (Å²) < 4.78 is 6.95. The number of rotatable bonds is 7. The molecule has 3 aromatic rings. The number of benzene rings is 1. The number of aromatic nitrogens is 3. The average molecular weight is 338 g/mol. The summed E-state index contributed by atoms with van der Waals surface area (Å²) in [7, 11) is 0. The first-order chi connectivity index (χ1) is 12.2. The van der Waals surface area contributed by atoms with Crippen LogP contribution in [0.25, 0.3) is 5.69 Å². The average Bonchev–Trinajstić information content (AvgIpc) is 3.26. The maximum atomic E-state index is 12.1. The van der Waals surface area contributed by atoms with Gasteiger partial charge in [-0.2, -0.15) is 5.10 Å². The summed E-state index contributed by atoms with van der Waals surface area (Å²) in [6, 6.07) is 10.0. The van der Waals surface area contributed by atoms with Gasteiger partial charge in [0.2, 0.25) is 0 Å². The fraction of sp³-hybridized carbons (Fsp3) is 0.316. The zero-order valence-electron chi connectivity index (χ0n) is 14.5. The van der Waals surface area contributed by atoms with Crippen LogP contribution in [0.5, 0.6) is 0 Å². The fourth-order valence-electron chi connectivity index (χ4n) is 2.73. The van der Waals surface area contributed by atoms with Crippen molar-refractivity contribution in [3.63, 3.8) is 0 Å². The highest BCUT2D eigenvalue weighted by molar-refractivity contribution is 5.94. The summed E-state index contributed by atoms with van der Waals surface area (Å²) in [5.41, 5.74) is 3.78. The monoisotopic (exact) mass is 338 g/mol. The second kappa shape index (κ2) is 7.79. The summed E-state index contributed by atoms with van der Waals surface area (Å²) >= 11 is 0. The van der Waals surface area contributed by atoms with Crippen molar-refractivity contribution in [1.29, 1.82) is 0 Å². The number of carbonyl (C=O) groups is 1. The van der Waals surface area contributed by atoms with Gasteiger partial charge >= 0.3 is 0 Å². The van der Waals surface area contributed by atoms with Crippen LogP contribution in [0.15, 0.2) is 47.2 Å². The third kappa shape index (κ3) is 3.96. The predicted octanol–water partition coefficient (Wildman–Crippen LogP) is 3.09. The van der Waals surface area contributed by atoms with Crippen molar-refractivity contribution in [3.05, 3.63) is 65.3 Å². The lowest BCUT2D eigenvalue weighted by Crippen LogP contribution is -2.25. The first-order valence-corrected chi connectivity index (χ1v) is 8.51. The molecule has 6 heteroatoms. The number of nitrogens with zero attached hydrogens (tertiary/aromatic N) is 3. The molecule has 2 aromatic heterocycles. The van der Waals surface area contributed by atoms with Crippen molar-refractivity contribution < 1.29 is 9.32 Å². The van der Waals surface area contributed by atoms with Crippen molar-refractivity contribution in [2.24, 2.45) is 0 Å². The zero-order chi connectivity index (χ0) is 17.6. The van der Waals surface area contributed by atoms with Crippen LogP contribution in [0, 0.1) is 6.92 Å². The van der Waals surface area contributed by atoms with E-state index in [1.807, 2.05) is 48.9 Å². The normalized spacial score (nSPS) is 10.8. The number of aryl methyl sites for hydroxylation is 3. The molecule has 0 aliphatic carbocycles. The number of hydrogen-bond acceptors (Lipinski definition) is 4. The molecule has 0 saturated carbocycles. The maximum absolute atomic E-state index is 12.1. The van der Waals surface area contributed by atoms with Crippen LogP contribution in [0.3, 0.4) is 0 Å². The predicted molar refractivity (Wildman–Crippen MR) is 94.8 cm³/mol. The van der Waals surface area contributed by atoms with E-state index in [0.29, 0.717) is 24.3 Å². The van der Waals surface area contributed by atoms with E-state index in [1.165, 1.54) is 11.8 Å². The van der Waals surface area contributed by atoms with Crippen molar-refractivity contribution in [2.75, 3.05) is 6.54 Å². The lowest BCUT2D eigenvalue weighted by atomic mass is 10.1. The smallest absolute Gasteiger partial charge is 0.256 e. The Labute approximate surface area is 146 Å². The minimum absolute atomic E-state index is 0.130. The van der Waals surface area contributed by atoms with E-state index in [1.54, 1.807) is 0 Å². The summed E-state index contributed by atoms with van der Waals surface area (Å²) in [5.74, 6) is 0.493. The van der Waals surface area contributed by atoms with Crippen LogP contribution in [0.2, 0.25) is 0 Å². The molecule has 2 heterocycles. The van der Waals surface area contributed by atoms with Gasteiger partial charge in [0.1, 0.15) is 11.3 Å². The molecule has 1 aromatic carbocycles. The van der Waals surface area contributed by atoms with Crippen molar-refractivity contribution in [3.8, 4) is 5.69 Å². The lowest BCUT2D eigenvalue weighted by Gasteiger charge is -2.04. The topological polar surface area (TPSA) is 73.0 Å². The van der Waals surface area contributed by atoms with Gasteiger partial charge in [-0.1, -0.05) is 30.3 Å². The summed E-state index contributed by atoms with van der Waals surface area (Å²) in [6.45, 7) is 4.55. The molecule has 0 bridgehead atoms. The largest absolute Gasteiger partial charge is 0.361 e. The highest BCUT2D eigenvalue weighted by Crippen LogP contribution is 2.13. The van der Waals surface area contributed by atoms with Gasteiger partial charge in [-0.05, 0) is 37.5 Å². The van der Waals surface area contributed by atoms with E-state index >= 15 is 0 Å². The van der Waals surface area contributed by atoms with Gasteiger partial charge in [0.05, 0.1) is 17.6 Å². The third-order valence-corrected chi connectivity index (χ3v) is 4.14. The molecule has 1 N–H and O–H groups in total. The van der Waals surface area contributed by atoms with Gasteiger partial charge in [-0.15, -0.1) is 0 Å². The van der Waals surface area contributed by atoms with Crippen LogP contribution in [-0.4, -0.2) is 27.4 Å². The molecular weight excluding hydrogens is 316 g/mol. The quantitative estimate of drug-likeness (QED) is 0.672. The van der Waals surface area contributed by atoms with Crippen molar-refractivity contribution >= 4 is 5.91 Å². The van der Waals surface area contributed by atoms with E-state index in [0.717, 1.165) is 24.2 Å². The minimum atomic E-state index is -0.130. The molecule has 0 saturated heterocycles. The van der Waals surface area contributed by atoms with E-state index in [9.17, 15) is 4.79 Å². The number of nitrogens with one attached hydrogen (secondary N) is 1. The molecule has 0 aliphatic rings. The molecule has 3 rings (SSSR count). The third-order valence-electron chi connectivity index (χ3n) is 4.14. The Balaban J connectivity index is 1.53. The highest BCUT2D eigenvalue weighted by Gasteiger charge is 2.14. The number of amides is 1. The van der Waals surface area contributed by atoms with Gasteiger partial charge in [0.25, 0.3) is 5.91 Å². The van der Waals surface area contributed by atoms with E-state index in [-0.39, 0.29) is 5.91 Å². The highest BCUT2D eigenvalue weighted by atomic mass is 16.5. The standard InChI is InChI=1S/C19H22N4O2/c1-3-18-17(12-21-25-18)19(24)20-11-7-8-15-13-23(22-14(15)2)16-9-5-4-6-10-16/h4-6,9-10,12-13H,3,7-8,11H2,1-2H3,(H,20,24). The number of carbonyl (C=O) groups excluding carboxylic acids is 1. The molecule has 0 spiro atoms. The molecule has 0 atom stereocenters. The Kier molecular flexibility index (Phi) is 5.28.